The van der Waals surface area contributed by atoms with Gasteiger partial charge in [-0.05, 0) is 123 Å². The van der Waals surface area contributed by atoms with Gasteiger partial charge in [-0.25, -0.2) is 9.50 Å². The van der Waals surface area contributed by atoms with Crippen LogP contribution in [0.4, 0.5) is 11.4 Å². The second-order valence-corrected chi connectivity index (χ2v) is 15.9. The summed E-state index contributed by atoms with van der Waals surface area (Å²) in [7, 11) is 0. The molecule has 3 N–H and O–H groups in total. The summed E-state index contributed by atoms with van der Waals surface area (Å²) in [6.45, 7) is 23.1. The molecule has 4 aromatic heterocycles. The number of nitrogens with zero attached hydrogens (tertiary/aromatic N) is 7. The van der Waals surface area contributed by atoms with Crippen molar-refractivity contribution in [2.24, 2.45) is 0 Å². The number of aromatic amines is 2. The van der Waals surface area contributed by atoms with Crippen molar-refractivity contribution in [3.8, 4) is 11.5 Å². The molecule has 0 spiro atoms. The normalized spacial score (nSPS) is 12.8. The second-order valence-electron chi connectivity index (χ2n) is 15.9. The number of rotatable bonds is 16. The average molecular weight is 845 g/mol. The molecule has 3 atom stereocenters. The molecule has 0 saturated heterocycles. The molecule has 2 amide bonds. The molecule has 15 nitrogen and oxygen atoms in total. The Labute approximate surface area is 363 Å². The average Bonchev–Trinajstić information content (AvgIpc) is 3.99. The highest BCUT2D eigenvalue weighted by Gasteiger charge is 2.26. The van der Waals surface area contributed by atoms with Crippen LogP contribution in [0, 0.1) is 41.5 Å². The molecule has 0 radical (unpaired) electrons. The SMILES string of the molecule is CC(=O)N(c1ccccc1)C(C)c1nnc2c(C)c(C)[nH]n12.CCOCCOc1ccc(NC(=O)C(C)Oc2ccc(C)cc2C)cc1CCC(C)c1nc2c(C)c(C)[nH]n2n1. The van der Waals surface area contributed by atoms with Crippen LogP contribution in [0.2, 0.25) is 0 Å². The van der Waals surface area contributed by atoms with Crippen LogP contribution in [-0.2, 0) is 20.7 Å². The summed E-state index contributed by atoms with van der Waals surface area (Å²) in [6.07, 6.45) is 0.890. The molecular weight excluding hydrogens is 785 g/mol. The van der Waals surface area contributed by atoms with E-state index in [0.29, 0.717) is 37.1 Å². The van der Waals surface area contributed by atoms with E-state index in [1.807, 2.05) is 127 Å². The number of hydrogen-bond donors (Lipinski definition) is 3. The van der Waals surface area contributed by atoms with E-state index >= 15 is 0 Å². The molecule has 7 rings (SSSR count). The topological polar surface area (TPSA) is 169 Å². The predicted molar refractivity (Wildman–Crippen MR) is 241 cm³/mol. The van der Waals surface area contributed by atoms with E-state index in [4.69, 9.17) is 19.2 Å². The lowest BCUT2D eigenvalue weighted by molar-refractivity contribution is -0.122. The zero-order chi connectivity index (χ0) is 44.7. The van der Waals surface area contributed by atoms with Gasteiger partial charge in [-0.3, -0.25) is 19.8 Å². The maximum atomic E-state index is 13.0. The quantitative estimate of drug-likeness (QED) is 0.0807. The molecule has 0 fully saturated rings. The molecule has 3 aromatic carbocycles. The predicted octanol–water partition coefficient (Wildman–Crippen LogP) is 8.64. The number of para-hydroxylation sites is 1. The first-order chi connectivity index (χ1) is 29.7. The number of nitrogens with one attached hydrogen (secondary N) is 3. The first kappa shape index (κ1) is 45.1. The van der Waals surface area contributed by atoms with Gasteiger partial charge in [-0.1, -0.05) is 42.8 Å². The van der Waals surface area contributed by atoms with Gasteiger partial charge in [0.2, 0.25) is 5.91 Å². The summed E-state index contributed by atoms with van der Waals surface area (Å²) >= 11 is 0. The summed E-state index contributed by atoms with van der Waals surface area (Å²) in [5.74, 6) is 2.88. The van der Waals surface area contributed by atoms with E-state index in [-0.39, 0.29) is 23.8 Å². The number of anilines is 2. The van der Waals surface area contributed by atoms with Crippen LogP contribution in [0.25, 0.3) is 11.3 Å². The van der Waals surface area contributed by atoms with Crippen molar-refractivity contribution in [3.05, 3.63) is 118 Å². The third kappa shape index (κ3) is 10.3. The fraction of sp³-hybridized carbons (Fsp3) is 0.404. The Morgan fingerprint density at radius 3 is 2.24 bits per heavy atom. The summed E-state index contributed by atoms with van der Waals surface area (Å²) in [6, 6.07) is 21.0. The van der Waals surface area contributed by atoms with Gasteiger partial charge in [0.15, 0.2) is 29.0 Å². The zero-order valence-electron chi connectivity index (χ0n) is 37.8. The van der Waals surface area contributed by atoms with Crippen molar-refractivity contribution in [3.63, 3.8) is 0 Å². The Kier molecular flexibility index (Phi) is 14.5. The van der Waals surface area contributed by atoms with E-state index in [9.17, 15) is 9.59 Å². The third-order valence-electron chi connectivity index (χ3n) is 11.1. The van der Waals surface area contributed by atoms with Gasteiger partial charge < -0.3 is 24.4 Å². The minimum Gasteiger partial charge on any atom is -0.491 e. The zero-order valence-corrected chi connectivity index (χ0v) is 37.8. The van der Waals surface area contributed by atoms with Crippen LogP contribution < -0.4 is 19.7 Å². The molecule has 0 aliphatic carbocycles. The minimum absolute atomic E-state index is 0.0320. The van der Waals surface area contributed by atoms with Gasteiger partial charge in [-0.2, -0.15) is 4.63 Å². The van der Waals surface area contributed by atoms with E-state index < -0.39 is 6.10 Å². The molecule has 7 aromatic rings. The lowest BCUT2D eigenvalue weighted by Crippen LogP contribution is -2.32. The monoisotopic (exact) mass is 844 g/mol. The Bertz CT molecular complexity index is 2620. The van der Waals surface area contributed by atoms with Crippen molar-refractivity contribution < 1.29 is 23.8 Å². The van der Waals surface area contributed by atoms with Crippen LogP contribution in [0.15, 0.2) is 66.7 Å². The fourth-order valence-corrected chi connectivity index (χ4v) is 7.26. The summed E-state index contributed by atoms with van der Waals surface area (Å²) in [5, 5.41) is 22.7. The number of ether oxygens (including phenoxy) is 3. The highest BCUT2D eigenvalue weighted by molar-refractivity contribution is 5.94. The molecule has 328 valence electrons. The fourth-order valence-electron chi connectivity index (χ4n) is 7.26. The van der Waals surface area contributed by atoms with E-state index in [1.165, 1.54) is 0 Å². The van der Waals surface area contributed by atoms with Crippen molar-refractivity contribution in [1.82, 2.24) is 39.6 Å². The highest BCUT2D eigenvalue weighted by Crippen LogP contribution is 2.30. The van der Waals surface area contributed by atoms with Crippen LogP contribution in [0.5, 0.6) is 11.5 Å². The van der Waals surface area contributed by atoms with Gasteiger partial charge in [0.1, 0.15) is 18.1 Å². The number of fused-ring (bicyclic) bond motifs is 2. The molecule has 62 heavy (non-hydrogen) atoms. The van der Waals surface area contributed by atoms with Crippen LogP contribution >= 0.6 is 0 Å². The summed E-state index contributed by atoms with van der Waals surface area (Å²) < 4.78 is 21.0. The number of carbonyl (C=O) groups excluding carboxylic acids is 2. The summed E-state index contributed by atoms with van der Waals surface area (Å²) in [5.41, 5.74) is 10.6. The van der Waals surface area contributed by atoms with E-state index in [1.54, 1.807) is 23.4 Å². The molecule has 0 bridgehead atoms. The number of hydrogen-bond acceptors (Lipinski definition) is 9. The Balaban J connectivity index is 0.000000245. The molecule has 3 unspecified atom stereocenters. The number of amides is 2. The largest absolute Gasteiger partial charge is 0.491 e. The Morgan fingerprint density at radius 2 is 1.55 bits per heavy atom. The maximum Gasteiger partial charge on any atom is 0.265 e. The van der Waals surface area contributed by atoms with E-state index in [0.717, 1.165) is 80.6 Å². The summed E-state index contributed by atoms with van der Waals surface area (Å²) in [4.78, 5) is 31.6. The first-order valence-electron chi connectivity index (χ1n) is 21.2. The number of H-pyrrole nitrogens is 2. The lowest BCUT2D eigenvalue weighted by Gasteiger charge is -2.26. The van der Waals surface area contributed by atoms with Crippen molar-refractivity contribution in [2.75, 3.05) is 30.0 Å². The lowest BCUT2D eigenvalue weighted by atomic mass is 9.99. The number of aromatic nitrogens is 8. The smallest absolute Gasteiger partial charge is 0.265 e. The maximum absolute atomic E-state index is 13.0. The van der Waals surface area contributed by atoms with Crippen LogP contribution in [-0.4, -0.2) is 77.4 Å². The third-order valence-corrected chi connectivity index (χ3v) is 11.1. The van der Waals surface area contributed by atoms with Crippen molar-refractivity contribution >= 4 is 34.5 Å². The minimum atomic E-state index is -0.657. The molecule has 0 saturated carbocycles. The molecule has 15 heteroatoms. The molecular formula is C47H60N10O5. The van der Waals surface area contributed by atoms with Gasteiger partial charge in [-0.15, -0.1) is 15.3 Å². The number of aryl methyl sites for hydroxylation is 7. The van der Waals surface area contributed by atoms with Crippen LogP contribution in [0.3, 0.4) is 0 Å². The van der Waals surface area contributed by atoms with Gasteiger partial charge in [0.25, 0.3) is 5.91 Å². The van der Waals surface area contributed by atoms with Gasteiger partial charge in [0, 0.05) is 53.3 Å². The molecule has 0 aliphatic heterocycles. The van der Waals surface area contributed by atoms with Crippen molar-refractivity contribution in [2.45, 2.75) is 107 Å². The van der Waals surface area contributed by atoms with Gasteiger partial charge in [0.05, 0.1) is 12.6 Å². The highest BCUT2D eigenvalue weighted by atomic mass is 16.5. The van der Waals surface area contributed by atoms with Crippen molar-refractivity contribution in [1.29, 1.82) is 0 Å². The van der Waals surface area contributed by atoms with E-state index in [2.05, 4.69) is 37.7 Å². The number of benzene rings is 3. The Hall–Kier alpha value is -6.48. The first-order valence-corrected chi connectivity index (χ1v) is 21.2. The Morgan fingerprint density at radius 1 is 0.839 bits per heavy atom. The standard InChI is InChI=1S/C31H41N5O4.C16H19N5O/c1-8-38-15-16-39-28-14-12-26(32-31(37)24(7)40-27-13-9-19(2)17-21(27)4)18-25(28)11-10-20(3)29-33-30-22(5)23(6)34-36(30)35-29;1-10-11(2)19-21-15(10)17-18-16(21)12(3)20(13(4)22)14-8-6-5-7-9-14/h9,12-14,17-18,20,24,34H,8,10-11,15-16H2,1-7H3,(H,32,37);5-9,12,19H,1-4H3. The number of carbonyl (C=O) groups is 2. The van der Waals surface area contributed by atoms with Crippen LogP contribution in [0.1, 0.15) is 104 Å². The molecule has 4 heterocycles. The second kappa shape index (κ2) is 19.9. The van der Waals surface area contributed by atoms with Gasteiger partial charge >= 0.3 is 0 Å². The molecule has 0 aliphatic rings.